The molecule has 1 aliphatic heterocycles. The van der Waals surface area contributed by atoms with E-state index in [-0.39, 0.29) is 18.2 Å². The minimum absolute atomic E-state index is 0.0835. The zero-order chi connectivity index (χ0) is 18.2. The molecule has 0 unspecified atom stereocenters. The molecule has 0 bridgehead atoms. The van der Waals surface area contributed by atoms with Gasteiger partial charge < -0.3 is 15.4 Å². The second-order valence-corrected chi connectivity index (χ2v) is 6.72. The first-order valence-electron chi connectivity index (χ1n) is 9.00. The summed E-state index contributed by atoms with van der Waals surface area (Å²) in [6.07, 6.45) is 0.176. The maximum atomic E-state index is 12.3. The Morgan fingerprint density at radius 3 is 2.88 bits per heavy atom. The van der Waals surface area contributed by atoms with Gasteiger partial charge in [-0.05, 0) is 18.9 Å². The Kier molecular flexibility index (Phi) is 7.25. The molecule has 1 aliphatic rings. The van der Waals surface area contributed by atoms with E-state index >= 15 is 0 Å². The van der Waals surface area contributed by atoms with Gasteiger partial charge >= 0.3 is 0 Å². The molecular weight excluding hydrogens is 318 g/mol. The van der Waals surface area contributed by atoms with Crippen molar-refractivity contribution in [1.29, 1.82) is 0 Å². The lowest BCUT2D eigenvalue weighted by molar-refractivity contribution is -0.134. The van der Waals surface area contributed by atoms with Crippen molar-refractivity contribution >= 4 is 11.8 Å². The lowest BCUT2D eigenvalue weighted by Crippen LogP contribution is -2.56. The van der Waals surface area contributed by atoms with Crippen LogP contribution >= 0.6 is 0 Å². The molecule has 1 saturated heterocycles. The molecule has 2 amide bonds. The predicted molar refractivity (Wildman–Crippen MR) is 97.3 cm³/mol. The molecule has 0 saturated carbocycles. The molecule has 138 valence electrons. The number of para-hydroxylation sites is 1. The Bertz CT molecular complexity index is 589. The molecule has 0 aromatic heterocycles. The molecule has 6 heteroatoms. The maximum Gasteiger partial charge on any atom is 0.237 e. The average Bonchev–Trinajstić information content (AvgIpc) is 2.58. The van der Waals surface area contributed by atoms with Crippen LogP contribution in [0.1, 0.15) is 32.8 Å². The number of carbonyl (C=O) groups is 2. The van der Waals surface area contributed by atoms with Gasteiger partial charge in [0.05, 0.1) is 19.1 Å². The SMILES string of the molecule is CCOc1ccccc1CN1CCNC(=O)[C@@H]1CC(=O)NCC(C)C. The Hall–Kier alpha value is -2.08. The van der Waals surface area contributed by atoms with Crippen LogP contribution in [-0.2, 0) is 16.1 Å². The minimum atomic E-state index is -0.449. The minimum Gasteiger partial charge on any atom is -0.494 e. The van der Waals surface area contributed by atoms with Gasteiger partial charge in [-0.25, -0.2) is 0 Å². The summed E-state index contributed by atoms with van der Waals surface area (Å²) >= 11 is 0. The van der Waals surface area contributed by atoms with Crippen LogP contribution in [0.2, 0.25) is 0 Å². The average molecular weight is 347 g/mol. The maximum absolute atomic E-state index is 12.3. The van der Waals surface area contributed by atoms with Gasteiger partial charge in [-0.2, -0.15) is 0 Å². The van der Waals surface area contributed by atoms with Gasteiger partial charge in [0.2, 0.25) is 11.8 Å². The van der Waals surface area contributed by atoms with Crippen molar-refractivity contribution in [3.8, 4) is 5.75 Å². The fourth-order valence-corrected chi connectivity index (χ4v) is 2.89. The first-order chi connectivity index (χ1) is 12.0. The van der Waals surface area contributed by atoms with E-state index in [4.69, 9.17) is 4.74 Å². The first kappa shape index (κ1) is 19.2. The normalized spacial score (nSPS) is 18.1. The molecule has 0 spiro atoms. The van der Waals surface area contributed by atoms with E-state index in [1.54, 1.807) is 0 Å². The van der Waals surface area contributed by atoms with Crippen molar-refractivity contribution in [3.63, 3.8) is 0 Å². The Labute approximate surface area is 149 Å². The largest absolute Gasteiger partial charge is 0.494 e. The van der Waals surface area contributed by atoms with Crippen LogP contribution in [0.25, 0.3) is 0 Å². The number of amides is 2. The van der Waals surface area contributed by atoms with Crippen molar-refractivity contribution in [2.45, 2.75) is 39.8 Å². The summed E-state index contributed by atoms with van der Waals surface area (Å²) in [5, 5.41) is 5.76. The summed E-state index contributed by atoms with van der Waals surface area (Å²) in [4.78, 5) is 26.6. The van der Waals surface area contributed by atoms with Crippen molar-refractivity contribution in [1.82, 2.24) is 15.5 Å². The second kappa shape index (κ2) is 9.42. The van der Waals surface area contributed by atoms with Crippen molar-refractivity contribution < 1.29 is 14.3 Å². The topological polar surface area (TPSA) is 70.7 Å². The summed E-state index contributed by atoms with van der Waals surface area (Å²) < 4.78 is 5.68. The summed E-state index contributed by atoms with van der Waals surface area (Å²) in [6.45, 7) is 9.17. The molecule has 6 nitrogen and oxygen atoms in total. The van der Waals surface area contributed by atoms with Crippen LogP contribution in [0.15, 0.2) is 24.3 Å². The Morgan fingerprint density at radius 2 is 2.16 bits per heavy atom. The van der Waals surface area contributed by atoms with Crippen LogP contribution in [0, 0.1) is 5.92 Å². The molecule has 2 rings (SSSR count). The standard InChI is InChI=1S/C19H29N3O3/c1-4-25-17-8-6-5-7-15(17)13-22-10-9-20-19(24)16(22)11-18(23)21-12-14(2)3/h5-8,14,16H,4,9-13H2,1-3H3,(H,20,24)(H,21,23)/t16-/m0/s1. The fourth-order valence-electron chi connectivity index (χ4n) is 2.89. The third-order valence-corrected chi connectivity index (χ3v) is 4.17. The van der Waals surface area contributed by atoms with Crippen molar-refractivity contribution in [2.75, 3.05) is 26.2 Å². The van der Waals surface area contributed by atoms with E-state index < -0.39 is 6.04 Å². The molecule has 0 radical (unpaired) electrons. The predicted octanol–water partition coefficient (Wildman–Crippen LogP) is 1.55. The van der Waals surface area contributed by atoms with E-state index in [0.29, 0.717) is 38.7 Å². The summed E-state index contributed by atoms with van der Waals surface area (Å²) in [5.74, 6) is 1.05. The van der Waals surface area contributed by atoms with E-state index in [1.165, 1.54) is 0 Å². The Balaban J connectivity index is 2.06. The van der Waals surface area contributed by atoms with E-state index in [9.17, 15) is 9.59 Å². The molecule has 1 aromatic rings. The number of rotatable bonds is 8. The molecule has 1 fully saturated rings. The number of piperazine rings is 1. The van der Waals surface area contributed by atoms with Crippen LogP contribution in [0.3, 0.4) is 0 Å². The highest BCUT2D eigenvalue weighted by Crippen LogP contribution is 2.22. The van der Waals surface area contributed by atoms with E-state index in [1.807, 2.05) is 45.0 Å². The number of benzene rings is 1. The van der Waals surface area contributed by atoms with Crippen LogP contribution < -0.4 is 15.4 Å². The molecule has 1 heterocycles. The van der Waals surface area contributed by atoms with E-state index in [2.05, 4.69) is 15.5 Å². The monoisotopic (exact) mass is 347 g/mol. The molecule has 2 N–H and O–H groups in total. The number of carbonyl (C=O) groups excluding carboxylic acids is 2. The zero-order valence-electron chi connectivity index (χ0n) is 15.4. The third-order valence-electron chi connectivity index (χ3n) is 4.17. The van der Waals surface area contributed by atoms with Gasteiger partial charge in [0.15, 0.2) is 0 Å². The molecule has 25 heavy (non-hydrogen) atoms. The van der Waals surface area contributed by atoms with Gasteiger partial charge in [-0.1, -0.05) is 32.0 Å². The smallest absolute Gasteiger partial charge is 0.237 e. The number of ether oxygens (including phenoxy) is 1. The van der Waals surface area contributed by atoms with Gasteiger partial charge in [-0.3, -0.25) is 14.5 Å². The highest BCUT2D eigenvalue weighted by Gasteiger charge is 2.32. The van der Waals surface area contributed by atoms with Gasteiger partial charge in [0.25, 0.3) is 0 Å². The lowest BCUT2D eigenvalue weighted by Gasteiger charge is -2.35. The van der Waals surface area contributed by atoms with Crippen LogP contribution in [-0.4, -0.2) is 49.0 Å². The summed E-state index contributed by atoms with van der Waals surface area (Å²) in [6, 6.07) is 7.40. The van der Waals surface area contributed by atoms with Crippen LogP contribution in [0.5, 0.6) is 5.75 Å². The molecule has 1 atom stereocenters. The zero-order valence-corrected chi connectivity index (χ0v) is 15.4. The van der Waals surface area contributed by atoms with E-state index in [0.717, 1.165) is 11.3 Å². The van der Waals surface area contributed by atoms with Gasteiger partial charge in [0.1, 0.15) is 5.75 Å². The van der Waals surface area contributed by atoms with Crippen LogP contribution in [0.4, 0.5) is 0 Å². The summed E-state index contributed by atoms with van der Waals surface area (Å²) in [7, 11) is 0. The lowest BCUT2D eigenvalue weighted by atomic mass is 10.1. The summed E-state index contributed by atoms with van der Waals surface area (Å²) in [5.41, 5.74) is 1.03. The number of nitrogens with zero attached hydrogens (tertiary/aromatic N) is 1. The molecule has 1 aromatic carbocycles. The van der Waals surface area contributed by atoms with Crippen molar-refractivity contribution in [2.24, 2.45) is 5.92 Å². The second-order valence-electron chi connectivity index (χ2n) is 6.72. The fraction of sp³-hybridized carbons (Fsp3) is 0.579. The third kappa shape index (κ3) is 5.74. The van der Waals surface area contributed by atoms with Crippen molar-refractivity contribution in [3.05, 3.63) is 29.8 Å². The van der Waals surface area contributed by atoms with Gasteiger partial charge in [-0.15, -0.1) is 0 Å². The number of hydrogen-bond donors (Lipinski definition) is 2. The molecule has 0 aliphatic carbocycles. The number of nitrogens with one attached hydrogen (secondary N) is 2. The molecular formula is C19H29N3O3. The first-order valence-corrected chi connectivity index (χ1v) is 9.00. The Morgan fingerprint density at radius 1 is 1.40 bits per heavy atom. The van der Waals surface area contributed by atoms with Gasteiger partial charge in [0, 0.05) is 31.7 Å². The highest BCUT2D eigenvalue weighted by molar-refractivity contribution is 5.88. The number of hydrogen-bond acceptors (Lipinski definition) is 4. The highest BCUT2D eigenvalue weighted by atomic mass is 16.5. The quantitative estimate of drug-likeness (QED) is 0.748.